The summed E-state index contributed by atoms with van der Waals surface area (Å²) < 4.78 is 0. The first kappa shape index (κ1) is 12.0. The molecule has 0 saturated heterocycles. The predicted molar refractivity (Wildman–Crippen MR) is 71.2 cm³/mol. The summed E-state index contributed by atoms with van der Waals surface area (Å²) in [7, 11) is 1.87. The van der Waals surface area contributed by atoms with Crippen molar-refractivity contribution in [3.63, 3.8) is 0 Å². The Morgan fingerprint density at radius 2 is 2.31 bits per heavy atom. The second kappa shape index (κ2) is 5.23. The molecule has 0 radical (unpaired) electrons. The van der Waals surface area contributed by atoms with Gasteiger partial charge in [0.15, 0.2) is 0 Å². The van der Waals surface area contributed by atoms with E-state index in [2.05, 4.69) is 28.1 Å². The van der Waals surface area contributed by atoms with Gasteiger partial charge in [-0.05, 0) is 18.1 Å². The quantitative estimate of drug-likeness (QED) is 0.800. The first-order chi connectivity index (χ1) is 7.72. The number of carbonyl (C=O) groups is 1. The lowest BCUT2D eigenvalue weighted by molar-refractivity contribution is -0.128. The van der Waals surface area contributed by atoms with Gasteiger partial charge in [0.1, 0.15) is 0 Å². The van der Waals surface area contributed by atoms with Crippen LogP contribution in [0, 0.1) is 0 Å². The molecule has 1 aliphatic heterocycles. The number of thioether (sulfide) groups is 1. The van der Waals surface area contributed by atoms with E-state index >= 15 is 0 Å². The lowest BCUT2D eigenvalue weighted by Crippen LogP contribution is -2.35. The molecule has 2 nitrogen and oxygen atoms in total. The van der Waals surface area contributed by atoms with Crippen LogP contribution in [0.1, 0.15) is 5.56 Å². The molecule has 0 aromatic heterocycles. The molecular weight excluding hydrogens is 286 g/mol. The topological polar surface area (TPSA) is 20.3 Å². The van der Waals surface area contributed by atoms with E-state index in [1.54, 1.807) is 16.7 Å². The van der Waals surface area contributed by atoms with Gasteiger partial charge in [-0.25, -0.2) is 0 Å². The molecule has 16 heavy (non-hydrogen) atoms. The minimum absolute atomic E-state index is 0.0708. The molecule has 86 valence electrons. The van der Waals surface area contributed by atoms with Crippen LogP contribution in [0.3, 0.4) is 0 Å². The van der Waals surface area contributed by atoms with Crippen LogP contribution in [0.4, 0.5) is 0 Å². The van der Waals surface area contributed by atoms with Gasteiger partial charge in [0.05, 0.1) is 5.25 Å². The van der Waals surface area contributed by atoms with Crippen molar-refractivity contribution in [3.05, 3.63) is 29.8 Å². The van der Waals surface area contributed by atoms with Crippen molar-refractivity contribution in [2.24, 2.45) is 0 Å². The molecule has 0 spiro atoms. The van der Waals surface area contributed by atoms with Gasteiger partial charge in [-0.1, -0.05) is 34.1 Å². The number of benzene rings is 1. The molecule has 1 atom stereocenters. The Labute approximate surface area is 109 Å². The van der Waals surface area contributed by atoms with Crippen molar-refractivity contribution in [1.29, 1.82) is 0 Å². The van der Waals surface area contributed by atoms with Gasteiger partial charge in [0.2, 0.25) is 5.91 Å². The van der Waals surface area contributed by atoms with Crippen LogP contribution < -0.4 is 0 Å². The Morgan fingerprint density at radius 1 is 1.56 bits per heavy atom. The van der Waals surface area contributed by atoms with Crippen molar-refractivity contribution in [2.75, 3.05) is 18.9 Å². The summed E-state index contributed by atoms with van der Waals surface area (Å²) in [5.41, 5.74) is 1.30. The lowest BCUT2D eigenvalue weighted by Gasteiger charge is -2.19. The third kappa shape index (κ3) is 2.43. The summed E-state index contributed by atoms with van der Waals surface area (Å²) in [5.74, 6) is 0.237. The fourth-order valence-corrected chi connectivity index (χ4v) is 3.64. The normalized spacial score (nSPS) is 18.2. The lowest BCUT2D eigenvalue weighted by atomic mass is 10.1. The van der Waals surface area contributed by atoms with E-state index in [1.807, 2.05) is 19.2 Å². The van der Waals surface area contributed by atoms with Crippen LogP contribution in [0.2, 0.25) is 0 Å². The largest absolute Gasteiger partial charge is 0.344 e. The number of halogens is 1. The number of carbonyl (C=O) groups excluding carboxylic acids is 1. The minimum atomic E-state index is 0.0708. The fourth-order valence-electron chi connectivity index (χ4n) is 1.80. The maximum Gasteiger partial charge on any atom is 0.236 e. The van der Waals surface area contributed by atoms with Crippen LogP contribution >= 0.6 is 27.7 Å². The molecule has 4 heteroatoms. The molecule has 1 unspecified atom stereocenters. The van der Waals surface area contributed by atoms with E-state index in [1.165, 1.54) is 10.5 Å². The Morgan fingerprint density at radius 3 is 3.00 bits per heavy atom. The monoisotopic (exact) mass is 299 g/mol. The van der Waals surface area contributed by atoms with Crippen molar-refractivity contribution in [3.8, 4) is 0 Å². The number of fused-ring (bicyclic) bond motifs is 1. The number of rotatable bonds is 3. The van der Waals surface area contributed by atoms with E-state index in [9.17, 15) is 4.79 Å². The van der Waals surface area contributed by atoms with Crippen LogP contribution in [0.5, 0.6) is 0 Å². The molecule has 0 fully saturated rings. The summed E-state index contributed by atoms with van der Waals surface area (Å²) in [6.07, 6.45) is 0.867. The van der Waals surface area contributed by atoms with E-state index < -0.39 is 0 Å². The van der Waals surface area contributed by atoms with Gasteiger partial charge < -0.3 is 4.90 Å². The summed E-state index contributed by atoms with van der Waals surface area (Å²) in [6.45, 7) is 0.770. The zero-order valence-corrected chi connectivity index (χ0v) is 11.6. The molecule has 0 N–H and O–H groups in total. The number of amides is 1. The van der Waals surface area contributed by atoms with Gasteiger partial charge in [-0.15, -0.1) is 11.8 Å². The average Bonchev–Trinajstić information content (AvgIpc) is 2.71. The highest BCUT2D eigenvalue weighted by Crippen LogP contribution is 2.37. The van der Waals surface area contributed by atoms with Gasteiger partial charge >= 0.3 is 0 Å². The molecule has 1 amide bonds. The summed E-state index contributed by atoms with van der Waals surface area (Å²) in [4.78, 5) is 15.1. The Hall–Kier alpha value is -0.480. The fraction of sp³-hybridized carbons (Fsp3) is 0.417. The molecule has 1 aromatic carbocycles. The molecule has 1 aromatic rings. The van der Waals surface area contributed by atoms with E-state index in [4.69, 9.17) is 0 Å². The first-order valence-electron chi connectivity index (χ1n) is 5.28. The van der Waals surface area contributed by atoms with Gasteiger partial charge in [-0.2, -0.15) is 0 Å². The smallest absolute Gasteiger partial charge is 0.236 e. The van der Waals surface area contributed by atoms with Gasteiger partial charge in [-0.3, -0.25) is 4.79 Å². The highest BCUT2D eigenvalue weighted by Gasteiger charge is 2.29. The van der Waals surface area contributed by atoms with E-state index in [0.29, 0.717) is 0 Å². The number of hydrogen-bond donors (Lipinski definition) is 0. The first-order valence-corrected chi connectivity index (χ1v) is 7.28. The zero-order valence-electron chi connectivity index (χ0n) is 9.15. The Balaban J connectivity index is 2.03. The summed E-state index contributed by atoms with van der Waals surface area (Å²) in [6, 6.07) is 8.27. The molecule has 0 saturated carbocycles. The standard InChI is InChI=1S/C12H14BrNOS/c1-14(7-6-13)12(15)11-8-9-4-2-3-5-10(9)16-11/h2-5,11H,6-8H2,1H3. The highest BCUT2D eigenvalue weighted by molar-refractivity contribution is 9.09. The van der Waals surface area contributed by atoms with Crippen LogP contribution in [-0.4, -0.2) is 35.0 Å². The molecule has 1 heterocycles. The van der Waals surface area contributed by atoms with E-state index in [-0.39, 0.29) is 11.2 Å². The highest BCUT2D eigenvalue weighted by atomic mass is 79.9. The van der Waals surface area contributed by atoms with Crippen molar-refractivity contribution in [1.82, 2.24) is 4.90 Å². The Bertz CT molecular complexity index is 371. The SMILES string of the molecule is CN(CCBr)C(=O)C1Cc2ccccc2S1. The molecule has 1 aliphatic rings. The predicted octanol–water partition coefficient (Wildman–Crippen LogP) is 2.56. The third-order valence-electron chi connectivity index (χ3n) is 2.72. The molecule has 2 rings (SSSR count). The number of hydrogen-bond acceptors (Lipinski definition) is 2. The maximum absolute atomic E-state index is 12.1. The average molecular weight is 300 g/mol. The van der Waals surface area contributed by atoms with E-state index in [0.717, 1.165) is 18.3 Å². The maximum atomic E-state index is 12.1. The molecule has 0 bridgehead atoms. The van der Waals surface area contributed by atoms with Gasteiger partial charge in [0.25, 0.3) is 0 Å². The number of alkyl halides is 1. The van der Waals surface area contributed by atoms with Crippen molar-refractivity contribution >= 4 is 33.6 Å². The van der Waals surface area contributed by atoms with Crippen LogP contribution in [0.25, 0.3) is 0 Å². The third-order valence-corrected chi connectivity index (χ3v) is 4.38. The summed E-state index contributed by atoms with van der Waals surface area (Å²) >= 11 is 5.05. The van der Waals surface area contributed by atoms with Crippen molar-refractivity contribution in [2.45, 2.75) is 16.6 Å². The van der Waals surface area contributed by atoms with Gasteiger partial charge in [0, 0.05) is 23.8 Å². The second-order valence-electron chi connectivity index (χ2n) is 3.87. The zero-order chi connectivity index (χ0) is 11.5. The van der Waals surface area contributed by atoms with Crippen molar-refractivity contribution < 1.29 is 4.79 Å². The minimum Gasteiger partial charge on any atom is -0.344 e. The molecular formula is C12H14BrNOS. The summed E-state index contributed by atoms with van der Waals surface area (Å²) in [5, 5.41) is 0.904. The van der Waals surface area contributed by atoms with Crippen LogP contribution in [0.15, 0.2) is 29.2 Å². The number of nitrogens with zero attached hydrogens (tertiary/aromatic N) is 1. The second-order valence-corrected chi connectivity index (χ2v) is 5.90. The molecule has 0 aliphatic carbocycles. The Kier molecular flexibility index (Phi) is 3.92. The van der Waals surface area contributed by atoms with Crippen LogP contribution in [-0.2, 0) is 11.2 Å².